The largest absolute Gasteiger partial charge is 0.393 e. The van der Waals surface area contributed by atoms with Crippen molar-refractivity contribution < 1.29 is 10.0 Å². The van der Waals surface area contributed by atoms with Gasteiger partial charge in [0.2, 0.25) is 0 Å². The highest BCUT2D eigenvalue weighted by atomic mass is 35.5. The summed E-state index contributed by atoms with van der Waals surface area (Å²) in [7, 11) is 0. The van der Waals surface area contributed by atoms with Crippen LogP contribution in [0.2, 0.25) is 10.0 Å². The number of nitrogens with zero attached hydrogens (tertiary/aromatic N) is 1. The van der Waals surface area contributed by atoms with Crippen LogP contribution < -0.4 is 5.32 Å². The zero-order chi connectivity index (χ0) is 14.6. The number of anilines is 1. The maximum Gasteiger partial charge on any atom is 0.272 e. The van der Waals surface area contributed by atoms with Gasteiger partial charge in [-0.15, -0.1) is 0 Å². The summed E-state index contributed by atoms with van der Waals surface area (Å²) >= 11 is 11.9. The van der Waals surface area contributed by atoms with Gasteiger partial charge in [-0.1, -0.05) is 37.0 Å². The Kier molecular flexibility index (Phi) is 5.85. The molecule has 5 nitrogen and oxygen atoms in total. The second-order valence-corrected chi connectivity index (χ2v) is 5.38. The Hall–Kier alpha value is -1.04. The summed E-state index contributed by atoms with van der Waals surface area (Å²) in [4.78, 5) is 10.1. The van der Waals surface area contributed by atoms with E-state index in [2.05, 4.69) is 5.32 Å². The Morgan fingerprint density at radius 1 is 1.37 bits per heavy atom. The first kappa shape index (κ1) is 16.0. The molecule has 0 saturated heterocycles. The number of nitro groups is 1. The second kappa shape index (κ2) is 6.93. The lowest BCUT2D eigenvalue weighted by Gasteiger charge is -2.16. The SMILES string of the molecule is CC(C)C(O)CCNc1c(Cl)cc([N+](=O)[O-])cc1Cl. The monoisotopic (exact) mass is 306 g/mol. The minimum Gasteiger partial charge on any atom is -0.393 e. The fourth-order valence-corrected chi connectivity index (χ4v) is 2.12. The normalized spacial score (nSPS) is 12.5. The van der Waals surface area contributed by atoms with Gasteiger partial charge in [0, 0.05) is 18.7 Å². The third-order valence-corrected chi connectivity index (χ3v) is 3.35. The van der Waals surface area contributed by atoms with E-state index >= 15 is 0 Å². The Labute approximate surface area is 121 Å². The highest BCUT2D eigenvalue weighted by Gasteiger charge is 2.15. The van der Waals surface area contributed by atoms with E-state index in [1.165, 1.54) is 12.1 Å². The number of nitrogens with one attached hydrogen (secondary N) is 1. The van der Waals surface area contributed by atoms with Gasteiger partial charge < -0.3 is 10.4 Å². The maximum absolute atomic E-state index is 10.6. The zero-order valence-electron chi connectivity index (χ0n) is 10.7. The Bertz CT molecular complexity index is 443. The van der Waals surface area contributed by atoms with E-state index in [0.717, 1.165) is 0 Å². The van der Waals surface area contributed by atoms with Crippen LogP contribution in [0.1, 0.15) is 20.3 Å². The molecule has 0 bridgehead atoms. The predicted molar refractivity (Wildman–Crippen MR) is 77.1 cm³/mol. The number of nitro benzene ring substituents is 1. The fourth-order valence-electron chi connectivity index (χ4n) is 1.51. The van der Waals surface area contributed by atoms with Gasteiger partial charge in [0.15, 0.2) is 0 Å². The molecule has 106 valence electrons. The molecule has 0 amide bonds. The Morgan fingerprint density at radius 2 is 1.89 bits per heavy atom. The number of non-ortho nitro benzene ring substituents is 1. The average molecular weight is 307 g/mol. The van der Waals surface area contributed by atoms with Crippen LogP contribution in [0.4, 0.5) is 11.4 Å². The van der Waals surface area contributed by atoms with Crippen molar-refractivity contribution in [3.05, 3.63) is 32.3 Å². The smallest absolute Gasteiger partial charge is 0.272 e. The third kappa shape index (κ3) is 4.53. The van der Waals surface area contributed by atoms with E-state index in [1.807, 2.05) is 13.8 Å². The molecule has 1 unspecified atom stereocenters. The summed E-state index contributed by atoms with van der Waals surface area (Å²) in [6.07, 6.45) is 0.129. The van der Waals surface area contributed by atoms with Crippen LogP contribution in [0, 0.1) is 16.0 Å². The quantitative estimate of drug-likeness (QED) is 0.620. The minimum absolute atomic E-state index is 0.150. The molecule has 0 radical (unpaired) electrons. The van der Waals surface area contributed by atoms with Gasteiger partial charge in [-0.2, -0.15) is 0 Å². The van der Waals surface area contributed by atoms with Crippen molar-refractivity contribution >= 4 is 34.6 Å². The highest BCUT2D eigenvalue weighted by molar-refractivity contribution is 6.39. The minimum atomic E-state index is -0.552. The molecule has 19 heavy (non-hydrogen) atoms. The third-order valence-electron chi connectivity index (χ3n) is 2.75. The second-order valence-electron chi connectivity index (χ2n) is 4.57. The van der Waals surface area contributed by atoms with E-state index in [1.54, 1.807) is 0 Å². The molecule has 0 heterocycles. The number of benzene rings is 1. The topological polar surface area (TPSA) is 75.4 Å². The lowest BCUT2D eigenvalue weighted by molar-refractivity contribution is -0.384. The van der Waals surface area contributed by atoms with Gasteiger partial charge in [-0.05, 0) is 12.3 Å². The summed E-state index contributed by atoms with van der Waals surface area (Å²) in [6.45, 7) is 4.34. The molecular formula is C12H16Cl2N2O3. The molecule has 0 aliphatic carbocycles. The van der Waals surface area contributed by atoms with E-state index in [9.17, 15) is 15.2 Å². The molecule has 2 N–H and O–H groups in total. The van der Waals surface area contributed by atoms with E-state index in [-0.39, 0.29) is 21.7 Å². The van der Waals surface area contributed by atoms with Crippen LogP contribution in [0.3, 0.4) is 0 Å². The first-order chi connectivity index (χ1) is 8.82. The molecule has 1 rings (SSSR count). The van der Waals surface area contributed by atoms with Gasteiger partial charge in [-0.25, -0.2) is 0 Å². The molecule has 0 aliphatic heterocycles. The van der Waals surface area contributed by atoms with Crippen LogP contribution in [0.5, 0.6) is 0 Å². The van der Waals surface area contributed by atoms with Gasteiger partial charge in [0.05, 0.1) is 26.8 Å². The Morgan fingerprint density at radius 3 is 2.32 bits per heavy atom. The maximum atomic E-state index is 10.6. The van der Waals surface area contributed by atoms with Crippen molar-refractivity contribution in [1.82, 2.24) is 0 Å². The van der Waals surface area contributed by atoms with Crippen molar-refractivity contribution in [1.29, 1.82) is 0 Å². The Balaban J connectivity index is 2.72. The standard InChI is InChI=1S/C12H16Cl2N2O3/c1-7(2)11(17)3-4-15-12-9(13)5-8(16(18)19)6-10(12)14/h5-7,11,15,17H,3-4H2,1-2H3. The van der Waals surface area contributed by atoms with Crippen molar-refractivity contribution in [3.63, 3.8) is 0 Å². The molecule has 0 saturated carbocycles. The molecule has 1 aromatic carbocycles. The molecule has 1 aromatic rings. The number of aliphatic hydroxyl groups is 1. The summed E-state index contributed by atoms with van der Waals surface area (Å²) in [5, 5.41) is 23.7. The average Bonchev–Trinajstić information content (AvgIpc) is 2.31. The van der Waals surface area contributed by atoms with E-state index < -0.39 is 11.0 Å². The van der Waals surface area contributed by atoms with Crippen molar-refractivity contribution in [3.8, 4) is 0 Å². The van der Waals surface area contributed by atoms with Gasteiger partial charge in [0.25, 0.3) is 5.69 Å². The number of rotatable bonds is 6. The molecular weight excluding hydrogens is 291 g/mol. The lowest BCUT2D eigenvalue weighted by atomic mass is 10.0. The molecule has 1 atom stereocenters. The highest BCUT2D eigenvalue weighted by Crippen LogP contribution is 2.34. The van der Waals surface area contributed by atoms with Crippen LogP contribution in [0.15, 0.2) is 12.1 Å². The molecule has 0 spiro atoms. The number of aliphatic hydroxyl groups excluding tert-OH is 1. The van der Waals surface area contributed by atoms with Crippen molar-refractivity contribution in [2.24, 2.45) is 5.92 Å². The van der Waals surface area contributed by atoms with Gasteiger partial charge >= 0.3 is 0 Å². The van der Waals surface area contributed by atoms with Gasteiger partial charge in [0.1, 0.15) is 0 Å². The molecule has 7 heteroatoms. The van der Waals surface area contributed by atoms with Crippen LogP contribution in [-0.4, -0.2) is 22.7 Å². The summed E-state index contributed by atoms with van der Waals surface area (Å²) < 4.78 is 0. The van der Waals surface area contributed by atoms with E-state index in [0.29, 0.717) is 18.7 Å². The van der Waals surface area contributed by atoms with Crippen LogP contribution in [-0.2, 0) is 0 Å². The summed E-state index contributed by atoms with van der Waals surface area (Å²) in [6, 6.07) is 2.49. The summed E-state index contributed by atoms with van der Waals surface area (Å²) in [5.41, 5.74) is 0.299. The summed E-state index contributed by atoms with van der Waals surface area (Å²) in [5.74, 6) is 0.171. The predicted octanol–water partition coefficient (Wildman–Crippen LogP) is 3.72. The van der Waals surface area contributed by atoms with Crippen LogP contribution in [0.25, 0.3) is 0 Å². The lowest BCUT2D eigenvalue weighted by Crippen LogP contribution is -2.19. The van der Waals surface area contributed by atoms with Crippen LogP contribution >= 0.6 is 23.2 Å². The number of halogens is 2. The first-order valence-electron chi connectivity index (χ1n) is 5.88. The number of hydrogen-bond acceptors (Lipinski definition) is 4. The van der Waals surface area contributed by atoms with E-state index in [4.69, 9.17) is 23.2 Å². The van der Waals surface area contributed by atoms with Crippen molar-refractivity contribution in [2.45, 2.75) is 26.4 Å². The van der Waals surface area contributed by atoms with Gasteiger partial charge in [-0.3, -0.25) is 10.1 Å². The number of hydrogen-bond donors (Lipinski definition) is 2. The molecule has 0 aliphatic rings. The molecule has 0 fully saturated rings. The first-order valence-corrected chi connectivity index (χ1v) is 6.64. The zero-order valence-corrected chi connectivity index (χ0v) is 12.2. The van der Waals surface area contributed by atoms with Crippen molar-refractivity contribution in [2.75, 3.05) is 11.9 Å². The molecule has 0 aromatic heterocycles. The fraction of sp³-hybridized carbons (Fsp3) is 0.500.